The van der Waals surface area contributed by atoms with Crippen molar-refractivity contribution in [3.05, 3.63) is 66.7 Å². The van der Waals surface area contributed by atoms with Crippen molar-refractivity contribution in [1.29, 1.82) is 0 Å². The molecule has 3 aromatic heterocycles. The topological polar surface area (TPSA) is 68.8 Å². The molecule has 0 aliphatic rings. The quantitative estimate of drug-likeness (QED) is 0.618. The normalized spacial score (nSPS) is 12.4. The Hall–Kier alpha value is -3.15. The molecule has 4 aromatic rings. The van der Waals surface area contributed by atoms with Crippen LogP contribution in [0.3, 0.4) is 0 Å². The van der Waals surface area contributed by atoms with Crippen molar-refractivity contribution in [1.82, 2.24) is 19.5 Å². The van der Waals surface area contributed by atoms with Crippen molar-refractivity contribution in [2.24, 2.45) is 0 Å². The summed E-state index contributed by atoms with van der Waals surface area (Å²) in [5.74, 6) is 2.42. The summed E-state index contributed by atoms with van der Waals surface area (Å²) in [5.41, 5.74) is 2.05. The third-order valence-corrected chi connectivity index (χ3v) is 4.06. The number of furan rings is 1. The lowest BCUT2D eigenvalue weighted by molar-refractivity contribution is 0.521. The van der Waals surface area contributed by atoms with Gasteiger partial charge in [0.2, 0.25) is 0 Å². The number of aryl methyl sites for hydroxylation is 1. The second-order valence-electron chi connectivity index (χ2n) is 5.68. The molecule has 0 amide bonds. The van der Waals surface area contributed by atoms with Gasteiger partial charge in [-0.2, -0.15) is 0 Å². The van der Waals surface area contributed by atoms with Crippen LogP contribution in [0.4, 0.5) is 5.82 Å². The molecule has 1 N–H and O–H groups in total. The predicted molar refractivity (Wildman–Crippen MR) is 92.1 cm³/mol. The fourth-order valence-electron chi connectivity index (χ4n) is 2.86. The molecular formula is C18H17N5O. The van der Waals surface area contributed by atoms with E-state index in [0.29, 0.717) is 0 Å². The molecule has 0 saturated carbocycles. The van der Waals surface area contributed by atoms with Crippen LogP contribution in [0.5, 0.6) is 0 Å². The molecule has 24 heavy (non-hydrogen) atoms. The SMILES string of the molecule is Cc1c([C@@H](C)Nc2cc(-n3ccnc3)ncn2)oc2ccccc12. The van der Waals surface area contributed by atoms with Crippen molar-refractivity contribution in [3.8, 4) is 5.82 Å². The van der Waals surface area contributed by atoms with Gasteiger partial charge in [0.25, 0.3) is 0 Å². The van der Waals surface area contributed by atoms with Gasteiger partial charge in [0.1, 0.15) is 35.6 Å². The van der Waals surface area contributed by atoms with Crippen LogP contribution in [0.25, 0.3) is 16.8 Å². The van der Waals surface area contributed by atoms with E-state index in [1.165, 1.54) is 6.33 Å². The van der Waals surface area contributed by atoms with Gasteiger partial charge in [-0.05, 0) is 19.9 Å². The van der Waals surface area contributed by atoms with Crippen LogP contribution in [0, 0.1) is 6.92 Å². The summed E-state index contributed by atoms with van der Waals surface area (Å²) in [5, 5.41) is 4.53. The zero-order valence-electron chi connectivity index (χ0n) is 13.5. The van der Waals surface area contributed by atoms with Gasteiger partial charge < -0.3 is 9.73 Å². The van der Waals surface area contributed by atoms with Crippen molar-refractivity contribution in [2.75, 3.05) is 5.32 Å². The number of imidazole rings is 1. The van der Waals surface area contributed by atoms with E-state index in [-0.39, 0.29) is 6.04 Å². The third-order valence-electron chi connectivity index (χ3n) is 4.06. The molecule has 1 atom stereocenters. The summed E-state index contributed by atoms with van der Waals surface area (Å²) in [7, 11) is 0. The first-order valence-electron chi connectivity index (χ1n) is 7.77. The van der Waals surface area contributed by atoms with Gasteiger partial charge in [-0.15, -0.1) is 0 Å². The van der Waals surface area contributed by atoms with E-state index in [0.717, 1.165) is 33.9 Å². The van der Waals surface area contributed by atoms with Gasteiger partial charge in [0.15, 0.2) is 0 Å². The zero-order valence-corrected chi connectivity index (χ0v) is 13.5. The number of para-hydroxylation sites is 1. The molecule has 3 heterocycles. The zero-order chi connectivity index (χ0) is 16.5. The van der Waals surface area contributed by atoms with Crippen LogP contribution >= 0.6 is 0 Å². The third kappa shape index (κ3) is 2.52. The van der Waals surface area contributed by atoms with Crippen LogP contribution in [0.2, 0.25) is 0 Å². The summed E-state index contributed by atoms with van der Waals surface area (Å²) < 4.78 is 7.85. The van der Waals surface area contributed by atoms with Crippen molar-refractivity contribution in [3.63, 3.8) is 0 Å². The minimum Gasteiger partial charge on any atom is -0.459 e. The number of aromatic nitrogens is 4. The number of anilines is 1. The lowest BCUT2D eigenvalue weighted by atomic mass is 10.1. The van der Waals surface area contributed by atoms with Crippen LogP contribution < -0.4 is 5.32 Å². The Balaban J connectivity index is 1.63. The van der Waals surface area contributed by atoms with Crippen molar-refractivity contribution < 1.29 is 4.42 Å². The van der Waals surface area contributed by atoms with Crippen molar-refractivity contribution >= 4 is 16.8 Å². The van der Waals surface area contributed by atoms with E-state index >= 15 is 0 Å². The molecule has 0 spiro atoms. The first-order chi connectivity index (χ1) is 11.7. The smallest absolute Gasteiger partial charge is 0.143 e. The van der Waals surface area contributed by atoms with Crippen LogP contribution in [-0.2, 0) is 0 Å². The molecule has 0 aliphatic heterocycles. The molecule has 1 aromatic carbocycles. The lowest BCUT2D eigenvalue weighted by Gasteiger charge is -2.13. The van der Waals surface area contributed by atoms with Crippen LogP contribution in [-0.4, -0.2) is 19.5 Å². The highest BCUT2D eigenvalue weighted by atomic mass is 16.3. The van der Waals surface area contributed by atoms with E-state index in [1.807, 2.05) is 35.0 Å². The number of benzene rings is 1. The Morgan fingerprint density at radius 2 is 2.08 bits per heavy atom. The Labute approximate surface area is 139 Å². The van der Waals surface area contributed by atoms with Crippen molar-refractivity contribution in [2.45, 2.75) is 19.9 Å². The fourth-order valence-corrected chi connectivity index (χ4v) is 2.86. The molecule has 4 rings (SSSR count). The standard InChI is InChI=1S/C18H17N5O/c1-12-14-5-3-4-6-15(14)24-18(12)13(2)22-16-9-17(21-10-20-16)23-8-7-19-11-23/h3-11,13H,1-2H3,(H,20,21,22)/t13-/m1/s1. The molecular weight excluding hydrogens is 302 g/mol. The van der Waals surface area contributed by atoms with Crippen LogP contribution in [0.1, 0.15) is 24.3 Å². The summed E-state index contributed by atoms with van der Waals surface area (Å²) in [6.07, 6.45) is 6.81. The van der Waals surface area contributed by atoms with E-state index < -0.39 is 0 Å². The number of rotatable bonds is 4. The maximum absolute atomic E-state index is 6.01. The maximum Gasteiger partial charge on any atom is 0.143 e. The van der Waals surface area contributed by atoms with E-state index in [1.54, 1.807) is 12.5 Å². The molecule has 120 valence electrons. The number of hydrogen-bond acceptors (Lipinski definition) is 5. The van der Waals surface area contributed by atoms with E-state index in [2.05, 4.69) is 40.2 Å². The Kier molecular flexibility index (Phi) is 3.49. The lowest BCUT2D eigenvalue weighted by Crippen LogP contribution is -2.09. The second-order valence-corrected chi connectivity index (χ2v) is 5.68. The molecule has 0 unspecified atom stereocenters. The highest BCUT2D eigenvalue weighted by Gasteiger charge is 2.17. The molecule has 0 radical (unpaired) electrons. The molecule has 0 bridgehead atoms. The van der Waals surface area contributed by atoms with Gasteiger partial charge in [0, 0.05) is 29.4 Å². The largest absolute Gasteiger partial charge is 0.459 e. The number of hydrogen-bond donors (Lipinski definition) is 1. The van der Waals surface area contributed by atoms with Crippen LogP contribution in [0.15, 0.2) is 59.8 Å². The summed E-state index contributed by atoms with van der Waals surface area (Å²) >= 11 is 0. The minimum absolute atomic E-state index is 0.0112. The predicted octanol–water partition coefficient (Wildman–Crippen LogP) is 3.89. The first kappa shape index (κ1) is 14.4. The minimum atomic E-state index is -0.0112. The maximum atomic E-state index is 6.01. The average molecular weight is 319 g/mol. The molecule has 6 heteroatoms. The first-order valence-corrected chi connectivity index (χ1v) is 7.77. The fraction of sp³-hybridized carbons (Fsp3) is 0.167. The van der Waals surface area contributed by atoms with E-state index in [4.69, 9.17) is 4.42 Å². The number of nitrogens with zero attached hydrogens (tertiary/aromatic N) is 4. The van der Waals surface area contributed by atoms with Gasteiger partial charge in [-0.1, -0.05) is 18.2 Å². The second kappa shape index (κ2) is 5.81. The summed E-state index contributed by atoms with van der Waals surface area (Å²) in [6, 6.07) is 9.94. The Morgan fingerprint density at radius 3 is 2.88 bits per heavy atom. The van der Waals surface area contributed by atoms with Gasteiger partial charge in [-0.25, -0.2) is 15.0 Å². The summed E-state index contributed by atoms with van der Waals surface area (Å²) in [6.45, 7) is 4.14. The highest BCUT2D eigenvalue weighted by Crippen LogP contribution is 2.30. The van der Waals surface area contributed by atoms with Gasteiger partial charge in [0.05, 0.1) is 6.04 Å². The Morgan fingerprint density at radius 1 is 1.21 bits per heavy atom. The Bertz CT molecular complexity index is 974. The molecule has 6 nitrogen and oxygen atoms in total. The van der Waals surface area contributed by atoms with Gasteiger partial charge in [-0.3, -0.25) is 4.57 Å². The summed E-state index contributed by atoms with van der Waals surface area (Å²) in [4.78, 5) is 12.6. The highest BCUT2D eigenvalue weighted by molar-refractivity contribution is 5.82. The average Bonchev–Trinajstić information content (AvgIpc) is 3.24. The number of nitrogens with one attached hydrogen (secondary N) is 1. The molecule has 0 saturated heterocycles. The molecule has 0 aliphatic carbocycles. The van der Waals surface area contributed by atoms with Gasteiger partial charge >= 0.3 is 0 Å². The monoisotopic (exact) mass is 319 g/mol. The molecule has 0 fully saturated rings. The van der Waals surface area contributed by atoms with E-state index in [9.17, 15) is 0 Å². The number of fused-ring (bicyclic) bond motifs is 1.